The van der Waals surface area contributed by atoms with E-state index < -0.39 is 9.05 Å². The van der Waals surface area contributed by atoms with Gasteiger partial charge in [0.05, 0.1) is 4.90 Å². The third kappa shape index (κ3) is 3.24. The molecule has 2 aliphatic rings. The lowest BCUT2D eigenvalue weighted by molar-refractivity contribution is -0.125. The first-order valence-corrected chi connectivity index (χ1v) is 9.61. The van der Waals surface area contributed by atoms with Crippen molar-refractivity contribution >= 4 is 25.6 Å². The molecule has 0 heterocycles. The van der Waals surface area contributed by atoms with E-state index in [-0.39, 0.29) is 22.8 Å². The number of rotatable bonds is 3. The average molecular weight is 328 g/mol. The van der Waals surface area contributed by atoms with Gasteiger partial charge >= 0.3 is 0 Å². The molecule has 1 saturated carbocycles. The predicted molar refractivity (Wildman–Crippen MR) is 80.8 cm³/mol. The predicted octanol–water partition coefficient (Wildman–Crippen LogP) is 2.39. The number of hydrogen-bond acceptors (Lipinski definition) is 3. The van der Waals surface area contributed by atoms with Crippen LogP contribution >= 0.6 is 10.7 Å². The van der Waals surface area contributed by atoms with E-state index in [1.165, 1.54) is 6.07 Å². The van der Waals surface area contributed by atoms with Gasteiger partial charge in [0, 0.05) is 22.6 Å². The van der Waals surface area contributed by atoms with E-state index in [2.05, 4.69) is 5.32 Å². The van der Waals surface area contributed by atoms with Crippen molar-refractivity contribution in [3.63, 3.8) is 0 Å². The van der Waals surface area contributed by atoms with Crippen LogP contribution in [0.2, 0.25) is 0 Å². The summed E-state index contributed by atoms with van der Waals surface area (Å²) in [6.45, 7) is 0. The Hall–Kier alpha value is -1.07. The highest BCUT2D eigenvalue weighted by atomic mass is 35.7. The molecule has 4 nitrogen and oxygen atoms in total. The van der Waals surface area contributed by atoms with Crippen LogP contribution in [0.5, 0.6) is 0 Å². The molecular weight excluding hydrogens is 310 g/mol. The molecule has 2 aliphatic carbocycles. The van der Waals surface area contributed by atoms with Crippen molar-refractivity contribution in [1.29, 1.82) is 0 Å². The Morgan fingerprint density at radius 1 is 1.14 bits per heavy atom. The molecular formula is C15H18ClNO3S. The van der Waals surface area contributed by atoms with Gasteiger partial charge in [0.15, 0.2) is 0 Å². The Kier molecular flexibility index (Phi) is 3.97. The first kappa shape index (κ1) is 14.9. The van der Waals surface area contributed by atoms with Crippen LogP contribution in [0.15, 0.2) is 23.1 Å². The van der Waals surface area contributed by atoms with Crippen LogP contribution in [0.25, 0.3) is 0 Å². The highest BCUT2D eigenvalue weighted by Crippen LogP contribution is 2.28. The van der Waals surface area contributed by atoms with Gasteiger partial charge in [0.1, 0.15) is 0 Å². The number of nitrogens with one attached hydrogen (secondary N) is 1. The van der Waals surface area contributed by atoms with Gasteiger partial charge in [-0.15, -0.1) is 0 Å². The van der Waals surface area contributed by atoms with E-state index in [1.54, 1.807) is 12.1 Å². The van der Waals surface area contributed by atoms with Crippen molar-refractivity contribution in [3.8, 4) is 0 Å². The van der Waals surface area contributed by atoms with E-state index in [1.807, 2.05) is 0 Å². The Bertz CT molecular complexity index is 665. The van der Waals surface area contributed by atoms with E-state index >= 15 is 0 Å². The number of carbonyl (C=O) groups is 1. The molecule has 114 valence electrons. The van der Waals surface area contributed by atoms with Crippen LogP contribution in [-0.2, 0) is 26.7 Å². The standard InChI is InChI=1S/C15H18ClNO3S/c16-21(19,20)14-6-5-11-7-13(8-12(11)9-14)17-15(18)10-3-1-2-4-10/h5-6,9-10,13H,1-4,7-8H2,(H,17,18). The third-order valence-electron chi connectivity index (χ3n) is 4.46. The minimum absolute atomic E-state index is 0.0707. The summed E-state index contributed by atoms with van der Waals surface area (Å²) in [6.07, 6.45) is 5.69. The Balaban J connectivity index is 1.68. The maximum Gasteiger partial charge on any atom is 0.261 e. The van der Waals surface area contributed by atoms with Crippen molar-refractivity contribution in [3.05, 3.63) is 29.3 Å². The number of amides is 1. The van der Waals surface area contributed by atoms with E-state index in [4.69, 9.17) is 10.7 Å². The molecule has 1 aromatic rings. The maximum absolute atomic E-state index is 12.2. The zero-order valence-corrected chi connectivity index (χ0v) is 13.2. The second-order valence-electron chi connectivity index (χ2n) is 5.96. The van der Waals surface area contributed by atoms with Gasteiger partial charge in [-0.2, -0.15) is 0 Å². The summed E-state index contributed by atoms with van der Waals surface area (Å²) in [7, 11) is 1.68. The summed E-state index contributed by atoms with van der Waals surface area (Å²) >= 11 is 0. The fourth-order valence-electron chi connectivity index (χ4n) is 3.36. The van der Waals surface area contributed by atoms with Crippen molar-refractivity contribution in [2.75, 3.05) is 0 Å². The van der Waals surface area contributed by atoms with E-state index in [9.17, 15) is 13.2 Å². The van der Waals surface area contributed by atoms with Gasteiger partial charge in [-0.25, -0.2) is 8.42 Å². The summed E-state index contributed by atoms with van der Waals surface area (Å²) in [5.74, 6) is 0.308. The van der Waals surface area contributed by atoms with Crippen LogP contribution in [0.4, 0.5) is 0 Å². The Labute approximate surface area is 129 Å². The lowest BCUT2D eigenvalue weighted by Gasteiger charge is -2.15. The SMILES string of the molecule is O=C(NC1Cc2ccc(S(=O)(=O)Cl)cc2C1)C1CCCC1. The zero-order valence-electron chi connectivity index (χ0n) is 11.6. The van der Waals surface area contributed by atoms with E-state index in [0.717, 1.165) is 43.2 Å². The molecule has 0 radical (unpaired) electrons. The number of hydrogen-bond donors (Lipinski definition) is 1. The molecule has 3 rings (SSSR count). The van der Waals surface area contributed by atoms with E-state index in [0.29, 0.717) is 6.42 Å². The molecule has 0 aromatic heterocycles. The molecule has 1 atom stereocenters. The molecule has 1 amide bonds. The smallest absolute Gasteiger partial charge is 0.261 e. The van der Waals surface area contributed by atoms with Crippen molar-refractivity contribution in [2.24, 2.45) is 5.92 Å². The molecule has 0 saturated heterocycles. The third-order valence-corrected chi connectivity index (χ3v) is 5.82. The highest BCUT2D eigenvalue weighted by molar-refractivity contribution is 8.13. The molecule has 1 aromatic carbocycles. The highest BCUT2D eigenvalue weighted by Gasteiger charge is 2.28. The van der Waals surface area contributed by atoms with Gasteiger partial charge in [0.2, 0.25) is 5.91 Å². The van der Waals surface area contributed by atoms with Gasteiger partial charge in [-0.3, -0.25) is 4.79 Å². The van der Waals surface area contributed by atoms with Gasteiger partial charge in [-0.05, 0) is 48.9 Å². The van der Waals surface area contributed by atoms with Crippen LogP contribution in [-0.4, -0.2) is 20.4 Å². The normalized spacial score (nSPS) is 22.2. The molecule has 1 fully saturated rings. The number of halogens is 1. The number of carbonyl (C=O) groups excluding carboxylic acids is 1. The lowest BCUT2D eigenvalue weighted by atomic mass is 10.1. The second kappa shape index (κ2) is 5.61. The average Bonchev–Trinajstić information content (AvgIpc) is 3.05. The molecule has 21 heavy (non-hydrogen) atoms. The monoisotopic (exact) mass is 327 g/mol. The molecule has 6 heteroatoms. The summed E-state index contributed by atoms with van der Waals surface area (Å²) in [6, 6.07) is 5.02. The lowest BCUT2D eigenvalue weighted by Crippen LogP contribution is -2.38. The van der Waals surface area contributed by atoms with Crippen molar-refractivity contribution in [2.45, 2.75) is 49.5 Å². The Morgan fingerprint density at radius 3 is 2.48 bits per heavy atom. The zero-order chi connectivity index (χ0) is 15.0. The van der Waals surface area contributed by atoms with Crippen molar-refractivity contribution < 1.29 is 13.2 Å². The van der Waals surface area contributed by atoms with Crippen molar-refractivity contribution in [1.82, 2.24) is 5.32 Å². The molecule has 1 unspecified atom stereocenters. The first-order chi connectivity index (χ1) is 9.93. The van der Waals surface area contributed by atoms with Crippen LogP contribution in [0.1, 0.15) is 36.8 Å². The summed E-state index contributed by atoms with van der Waals surface area (Å²) < 4.78 is 22.7. The Morgan fingerprint density at radius 2 is 1.81 bits per heavy atom. The molecule has 0 spiro atoms. The fraction of sp³-hybridized carbons (Fsp3) is 0.533. The minimum Gasteiger partial charge on any atom is -0.352 e. The molecule has 0 aliphatic heterocycles. The minimum atomic E-state index is -3.69. The maximum atomic E-state index is 12.2. The van der Waals surface area contributed by atoms with Gasteiger partial charge < -0.3 is 5.32 Å². The summed E-state index contributed by atoms with van der Waals surface area (Å²) in [5, 5.41) is 3.10. The second-order valence-corrected chi connectivity index (χ2v) is 8.53. The van der Waals surface area contributed by atoms with Gasteiger partial charge in [0.25, 0.3) is 9.05 Å². The van der Waals surface area contributed by atoms with Gasteiger partial charge in [-0.1, -0.05) is 18.9 Å². The fourth-order valence-corrected chi connectivity index (χ4v) is 4.16. The largest absolute Gasteiger partial charge is 0.352 e. The van der Waals surface area contributed by atoms with Crippen LogP contribution in [0.3, 0.4) is 0 Å². The van der Waals surface area contributed by atoms with Crippen LogP contribution < -0.4 is 5.32 Å². The topological polar surface area (TPSA) is 63.2 Å². The molecule has 1 N–H and O–H groups in total. The summed E-state index contributed by atoms with van der Waals surface area (Å²) in [4.78, 5) is 12.3. The number of benzene rings is 1. The first-order valence-electron chi connectivity index (χ1n) is 7.30. The number of fused-ring (bicyclic) bond motifs is 1. The molecule has 0 bridgehead atoms. The van der Waals surface area contributed by atoms with Crippen LogP contribution in [0, 0.1) is 5.92 Å². The quantitative estimate of drug-likeness (QED) is 0.867. The summed E-state index contributed by atoms with van der Waals surface area (Å²) in [5.41, 5.74) is 2.06.